The Balaban J connectivity index is 1.72. The average Bonchev–Trinajstić information content (AvgIpc) is 3.37. The molecule has 1 aromatic rings. The first-order valence-corrected chi connectivity index (χ1v) is 9.23. The third-order valence-electron chi connectivity index (χ3n) is 4.89. The molecule has 2 N–H and O–H groups in total. The summed E-state index contributed by atoms with van der Waals surface area (Å²) in [6.07, 6.45) is 4.76. The van der Waals surface area contributed by atoms with Gasteiger partial charge in [0.15, 0.2) is 0 Å². The van der Waals surface area contributed by atoms with Gasteiger partial charge in [0.25, 0.3) is 0 Å². The van der Waals surface area contributed by atoms with Gasteiger partial charge >= 0.3 is 0 Å². The first-order valence-electron chi connectivity index (χ1n) is 7.74. The van der Waals surface area contributed by atoms with E-state index in [0.717, 1.165) is 18.8 Å². The van der Waals surface area contributed by atoms with E-state index >= 15 is 0 Å². The standard InChI is InChI=1S/C16H23NO3S/c1-2-15(18)12-4-3-5-14(10-12)21(19,20)17-11-16(8-9-16)13-6-7-13/h3-5,10,13,15,17-18H,2,6-9,11H2,1H3. The summed E-state index contributed by atoms with van der Waals surface area (Å²) in [6.45, 7) is 2.43. The monoisotopic (exact) mass is 309 g/mol. The van der Waals surface area contributed by atoms with Gasteiger partial charge in [-0.2, -0.15) is 0 Å². The van der Waals surface area contributed by atoms with E-state index in [0.29, 0.717) is 18.5 Å². The molecule has 1 unspecified atom stereocenters. The number of aliphatic hydroxyl groups is 1. The molecular formula is C16H23NO3S. The van der Waals surface area contributed by atoms with Crippen LogP contribution < -0.4 is 4.72 Å². The second-order valence-electron chi connectivity index (χ2n) is 6.46. The number of aliphatic hydroxyl groups excluding tert-OH is 1. The summed E-state index contributed by atoms with van der Waals surface area (Å²) in [5.41, 5.74) is 0.900. The SMILES string of the molecule is CCC(O)c1cccc(S(=O)(=O)NCC2(C3CC3)CC2)c1. The zero-order chi connectivity index (χ0) is 15.1. The van der Waals surface area contributed by atoms with Crippen molar-refractivity contribution in [1.29, 1.82) is 0 Å². The number of benzene rings is 1. The molecule has 4 nitrogen and oxygen atoms in total. The predicted octanol–water partition coefficient (Wildman–Crippen LogP) is 2.60. The Bertz CT molecular complexity index is 618. The summed E-state index contributed by atoms with van der Waals surface area (Å²) < 4.78 is 27.6. The minimum absolute atomic E-state index is 0.244. The van der Waals surface area contributed by atoms with Gasteiger partial charge in [-0.05, 0) is 61.1 Å². The molecule has 0 heterocycles. The topological polar surface area (TPSA) is 66.4 Å². The van der Waals surface area contributed by atoms with Crippen LogP contribution in [0.5, 0.6) is 0 Å². The van der Waals surface area contributed by atoms with Crippen LogP contribution in [0.1, 0.15) is 50.7 Å². The van der Waals surface area contributed by atoms with Gasteiger partial charge in [-0.1, -0.05) is 19.1 Å². The van der Waals surface area contributed by atoms with E-state index in [4.69, 9.17) is 0 Å². The Labute approximate surface area is 126 Å². The number of hydrogen-bond donors (Lipinski definition) is 2. The van der Waals surface area contributed by atoms with Crippen LogP contribution in [0.4, 0.5) is 0 Å². The van der Waals surface area contributed by atoms with Crippen molar-refractivity contribution in [2.45, 2.75) is 50.0 Å². The highest BCUT2D eigenvalue weighted by atomic mass is 32.2. The normalized spacial score (nSPS) is 22.0. The summed E-state index contributed by atoms with van der Waals surface area (Å²) in [5.74, 6) is 0.730. The largest absolute Gasteiger partial charge is 0.388 e. The van der Waals surface area contributed by atoms with E-state index in [-0.39, 0.29) is 10.3 Å². The van der Waals surface area contributed by atoms with E-state index in [1.54, 1.807) is 24.3 Å². The van der Waals surface area contributed by atoms with E-state index in [1.807, 2.05) is 6.92 Å². The lowest BCUT2D eigenvalue weighted by Crippen LogP contribution is -2.31. The lowest BCUT2D eigenvalue weighted by Gasteiger charge is -2.16. The number of nitrogens with one attached hydrogen (secondary N) is 1. The molecule has 2 aliphatic rings. The molecule has 0 spiro atoms. The van der Waals surface area contributed by atoms with Crippen molar-refractivity contribution >= 4 is 10.0 Å². The van der Waals surface area contributed by atoms with Gasteiger partial charge in [0.2, 0.25) is 10.0 Å². The predicted molar refractivity (Wildman–Crippen MR) is 81.3 cm³/mol. The Morgan fingerprint density at radius 1 is 1.38 bits per heavy atom. The molecule has 0 bridgehead atoms. The molecule has 1 atom stereocenters. The van der Waals surface area contributed by atoms with Crippen LogP contribution >= 0.6 is 0 Å². The summed E-state index contributed by atoms with van der Waals surface area (Å²) in [7, 11) is -3.48. The zero-order valence-corrected chi connectivity index (χ0v) is 13.2. The molecule has 2 aliphatic carbocycles. The molecule has 0 amide bonds. The van der Waals surface area contributed by atoms with Crippen molar-refractivity contribution in [3.05, 3.63) is 29.8 Å². The highest BCUT2D eigenvalue weighted by Gasteiger charge is 2.53. The fourth-order valence-electron chi connectivity index (χ4n) is 3.03. The van der Waals surface area contributed by atoms with Crippen molar-refractivity contribution in [1.82, 2.24) is 4.72 Å². The molecular weight excluding hydrogens is 286 g/mol. The second-order valence-corrected chi connectivity index (χ2v) is 8.22. The molecule has 0 radical (unpaired) electrons. The maximum atomic E-state index is 12.4. The van der Waals surface area contributed by atoms with Crippen molar-refractivity contribution in [3.63, 3.8) is 0 Å². The van der Waals surface area contributed by atoms with Gasteiger partial charge in [0.05, 0.1) is 11.0 Å². The Morgan fingerprint density at radius 3 is 2.67 bits per heavy atom. The lowest BCUT2D eigenvalue weighted by atomic mass is 10.0. The summed E-state index contributed by atoms with van der Waals surface area (Å²) in [4.78, 5) is 0.249. The lowest BCUT2D eigenvalue weighted by molar-refractivity contribution is 0.173. The number of sulfonamides is 1. The summed E-state index contributed by atoms with van der Waals surface area (Å²) in [6, 6.07) is 6.62. The van der Waals surface area contributed by atoms with Gasteiger partial charge in [0, 0.05) is 6.54 Å². The van der Waals surface area contributed by atoms with E-state index in [2.05, 4.69) is 4.72 Å². The highest BCUT2D eigenvalue weighted by molar-refractivity contribution is 7.89. The molecule has 3 rings (SSSR count). The van der Waals surface area contributed by atoms with E-state index in [1.165, 1.54) is 12.8 Å². The van der Waals surface area contributed by atoms with E-state index in [9.17, 15) is 13.5 Å². The number of rotatable bonds is 7. The maximum Gasteiger partial charge on any atom is 0.240 e. The van der Waals surface area contributed by atoms with Crippen LogP contribution in [0.25, 0.3) is 0 Å². The third-order valence-corrected chi connectivity index (χ3v) is 6.29. The molecule has 0 aromatic heterocycles. The summed E-state index contributed by atoms with van der Waals surface area (Å²) >= 11 is 0. The van der Waals surface area contributed by atoms with Crippen molar-refractivity contribution < 1.29 is 13.5 Å². The van der Waals surface area contributed by atoms with Crippen LogP contribution in [-0.2, 0) is 10.0 Å². The first-order chi connectivity index (χ1) is 9.97. The minimum Gasteiger partial charge on any atom is -0.388 e. The molecule has 0 saturated heterocycles. The molecule has 5 heteroatoms. The fraction of sp³-hybridized carbons (Fsp3) is 0.625. The molecule has 116 valence electrons. The van der Waals surface area contributed by atoms with Crippen LogP contribution in [0.3, 0.4) is 0 Å². The maximum absolute atomic E-state index is 12.4. The Kier molecular flexibility index (Phi) is 3.84. The molecule has 21 heavy (non-hydrogen) atoms. The van der Waals surface area contributed by atoms with Crippen LogP contribution in [0, 0.1) is 11.3 Å². The first kappa shape index (κ1) is 15.0. The Morgan fingerprint density at radius 2 is 2.10 bits per heavy atom. The molecule has 2 saturated carbocycles. The summed E-state index contributed by atoms with van der Waals surface area (Å²) in [5, 5.41) is 9.85. The van der Waals surface area contributed by atoms with Gasteiger partial charge in [-0.15, -0.1) is 0 Å². The fourth-order valence-corrected chi connectivity index (χ4v) is 4.23. The zero-order valence-electron chi connectivity index (χ0n) is 12.4. The van der Waals surface area contributed by atoms with Crippen LogP contribution in [0.15, 0.2) is 29.2 Å². The average molecular weight is 309 g/mol. The second kappa shape index (κ2) is 5.38. The quantitative estimate of drug-likeness (QED) is 0.813. The van der Waals surface area contributed by atoms with Crippen molar-refractivity contribution in [3.8, 4) is 0 Å². The molecule has 0 aliphatic heterocycles. The van der Waals surface area contributed by atoms with Crippen molar-refractivity contribution in [2.24, 2.45) is 11.3 Å². The number of hydrogen-bond acceptors (Lipinski definition) is 3. The van der Waals surface area contributed by atoms with Crippen LogP contribution in [0.2, 0.25) is 0 Å². The Hall–Kier alpha value is -0.910. The van der Waals surface area contributed by atoms with Crippen LogP contribution in [-0.4, -0.2) is 20.1 Å². The smallest absolute Gasteiger partial charge is 0.240 e. The highest BCUT2D eigenvalue weighted by Crippen LogP contribution is 2.60. The van der Waals surface area contributed by atoms with Crippen molar-refractivity contribution in [2.75, 3.05) is 6.54 Å². The minimum atomic E-state index is -3.48. The van der Waals surface area contributed by atoms with Gasteiger partial charge in [-0.3, -0.25) is 0 Å². The van der Waals surface area contributed by atoms with E-state index < -0.39 is 16.1 Å². The van der Waals surface area contributed by atoms with Gasteiger partial charge < -0.3 is 5.11 Å². The van der Waals surface area contributed by atoms with Gasteiger partial charge in [-0.25, -0.2) is 13.1 Å². The molecule has 2 fully saturated rings. The molecule has 1 aromatic carbocycles. The third kappa shape index (κ3) is 3.15. The van der Waals surface area contributed by atoms with Gasteiger partial charge in [0.1, 0.15) is 0 Å².